The van der Waals surface area contributed by atoms with Crippen LogP contribution in [0.25, 0.3) is 0 Å². The summed E-state index contributed by atoms with van der Waals surface area (Å²) in [5.41, 5.74) is 0.916. The lowest BCUT2D eigenvalue weighted by Gasteiger charge is -2.34. The van der Waals surface area contributed by atoms with Crippen molar-refractivity contribution in [2.24, 2.45) is 0 Å². The molecule has 0 aromatic carbocycles. The number of nitrogens with zero attached hydrogens (tertiary/aromatic N) is 2. The Balaban J connectivity index is 1.50. The molecule has 2 heterocycles. The molecule has 2 aromatic heterocycles. The molecule has 1 aliphatic rings. The Labute approximate surface area is 153 Å². The fourth-order valence-corrected chi connectivity index (χ4v) is 2.92. The molecule has 0 spiro atoms. The molecule has 140 valence electrons. The molecule has 1 N–H and O–H groups in total. The second kappa shape index (κ2) is 8.21. The third-order valence-electron chi connectivity index (χ3n) is 4.37. The third kappa shape index (κ3) is 4.53. The van der Waals surface area contributed by atoms with Crippen molar-refractivity contribution in [3.63, 3.8) is 0 Å². The minimum Gasteiger partial charge on any atom is -0.490 e. The van der Waals surface area contributed by atoms with Gasteiger partial charge in [-0.25, -0.2) is 4.98 Å². The summed E-state index contributed by atoms with van der Waals surface area (Å²) in [6.07, 6.45) is 4.55. The molecular weight excluding hydrogens is 334 g/mol. The van der Waals surface area contributed by atoms with Gasteiger partial charge < -0.3 is 19.3 Å². The van der Waals surface area contributed by atoms with Crippen molar-refractivity contribution in [3.8, 4) is 11.6 Å². The van der Waals surface area contributed by atoms with Crippen LogP contribution >= 0.6 is 0 Å². The third-order valence-corrected chi connectivity index (χ3v) is 4.37. The normalized spacial score (nSPS) is 20.1. The first-order valence-corrected chi connectivity index (χ1v) is 9.04. The highest BCUT2D eigenvalue weighted by Gasteiger charge is 2.34. The quantitative estimate of drug-likeness (QED) is 0.777. The summed E-state index contributed by atoms with van der Waals surface area (Å²) >= 11 is 0. The molecule has 3 rings (SSSR count). The average molecular weight is 359 g/mol. The highest BCUT2D eigenvalue weighted by molar-refractivity contribution is 5.73. The lowest BCUT2D eigenvalue weighted by molar-refractivity contribution is -0.119. The summed E-state index contributed by atoms with van der Waals surface area (Å²) in [4.78, 5) is 15.3. The molecule has 2 aromatic rings. The van der Waals surface area contributed by atoms with Gasteiger partial charge in [-0.15, -0.1) is 0 Å². The Bertz CT molecular complexity index is 740. The minimum absolute atomic E-state index is 0.0906. The molecule has 1 aliphatic carbocycles. The molecule has 1 saturated carbocycles. The van der Waals surface area contributed by atoms with E-state index in [0.717, 1.165) is 30.7 Å². The van der Waals surface area contributed by atoms with E-state index in [1.165, 1.54) is 6.92 Å². The van der Waals surface area contributed by atoms with E-state index in [4.69, 9.17) is 14.0 Å². The zero-order chi connectivity index (χ0) is 18.5. The number of pyridine rings is 1. The SMILES string of the molecule is CCCOc1cc(OC2CC(c3cc([C@H](C)NC(C)=O)on3)C2)ccn1. The van der Waals surface area contributed by atoms with Crippen LogP contribution in [0.4, 0.5) is 0 Å². The van der Waals surface area contributed by atoms with E-state index in [2.05, 4.69) is 22.4 Å². The van der Waals surface area contributed by atoms with Crippen molar-refractivity contribution in [1.29, 1.82) is 0 Å². The molecule has 0 bridgehead atoms. The summed E-state index contributed by atoms with van der Waals surface area (Å²) < 4.78 is 16.9. The number of hydrogen-bond donors (Lipinski definition) is 1. The summed E-state index contributed by atoms with van der Waals surface area (Å²) in [7, 11) is 0. The van der Waals surface area contributed by atoms with Gasteiger partial charge in [0.2, 0.25) is 11.8 Å². The second-order valence-corrected chi connectivity index (χ2v) is 6.66. The van der Waals surface area contributed by atoms with Gasteiger partial charge in [0.05, 0.1) is 24.4 Å². The number of aromatic nitrogens is 2. The lowest BCUT2D eigenvalue weighted by Crippen LogP contribution is -2.32. The standard InChI is InChI=1S/C19H25N3O4/c1-4-7-24-19-10-15(5-6-20-19)25-16-8-14(9-16)17-11-18(26-22-17)12(2)21-13(3)23/h5-6,10-12,14,16H,4,7-9H2,1-3H3,(H,21,23)/t12-,14?,16?/m0/s1. The molecular formula is C19H25N3O4. The van der Waals surface area contributed by atoms with Gasteiger partial charge in [-0.1, -0.05) is 12.1 Å². The van der Waals surface area contributed by atoms with Crippen molar-refractivity contribution in [1.82, 2.24) is 15.5 Å². The number of ether oxygens (including phenoxy) is 2. The van der Waals surface area contributed by atoms with E-state index in [0.29, 0.717) is 24.2 Å². The van der Waals surface area contributed by atoms with Crippen LogP contribution in [0, 0.1) is 0 Å². The number of carbonyl (C=O) groups excluding carboxylic acids is 1. The first-order chi connectivity index (χ1) is 12.5. The van der Waals surface area contributed by atoms with Crippen LogP contribution in [0.15, 0.2) is 28.9 Å². The molecule has 26 heavy (non-hydrogen) atoms. The van der Waals surface area contributed by atoms with Crippen LogP contribution in [0.2, 0.25) is 0 Å². The van der Waals surface area contributed by atoms with Gasteiger partial charge in [0, 0.05) is 31.2 Å². The minimum atomic E-state index is -0.181. The molecule has 7 nitrogen and oxygen atoms in total. The highest BCUT2D eigenvalue weighted by atomic mass is 16.5. The Hall–Kier alpha value is -2.57. The van der Waals surface area contributed by atoms with E-state index in [1.807, 2.05) is 25.1 Å². The Morgan fingerprint density at radius 2 is 2.23 bits per heavy atom. The maximum absolute atomic E-state index is 11.1. The van der Waals surface area contributed by atoms with E-state index < -0.39 is 0 Å². The second-order valence-electron chi connectivity index (χ2n) is 6.66. The fraction of sp³-hybridized carbons (Fsp3) is 0.526. The first-order valence-electron chi connectivity index (χ1n) is 9.04. The van der Waals surface area contributed by atoms with Crippen LogP contribution in [0.3, 0.4) is 0 Å². The Kier molecular flexibility index (Phi) is 5.75. The van der Waals surface area contributed by atoms with Crippen LogP contribution in [0.5, 0.6) is 11.6 Å². The highest BCUT2D eigenvalue weighted by Crippen LogP contribution is 2.39. The molecule has 7 heteroatoms. The molecule has 0 aliphatic heterocycles. The van der Waals surface area contributed by atoms with Gasteiger partial charge in [-0.05, 0) is 32.3 Å². The summed E-state index contributed by atoms with van der Waals surface area (Å²) in [6.45, 7) is 6.06. The molecule has 0 unspecified atom stereocenters. The van der Waals surface area contributed by atoms with Crippen LogP contribution in [-0.4, -0.2) is 28.8 Å². The van der Waals surface area contributed by atoms with Crippen LogP contribution in [0.1, 0.15) is 63.4 Å². The number of hydrogen-bond acceptors (Lipinski definition) is 6. The van der Waals surface area contributed by atoms with Gasteiger partial charge in [0.1, 0.15) is 5.75 Å². The zero-order valence-electron chi connectivity index (χ0n) is 15.4. The zero-order valence-corrected chi connectivity index (χ0v) is 15.4. The summed E-state index contributed by atoms with van der Waals surface area (Å²) in [5, 5.41) is 6.94. The van der Waals surface area contributed by atoms with Gasteiger partial charge >= 0.3 is 0 Å². The smallest absolute Gasteiger partial charge is 0.217 e. The number of amides is 1. The first kappa shape index (κ1) is 18.2. The molecule has 0 saturated heterocycles. The van der Waals surface area contributed by atoms with Gasteiger partial charge in [0.15, 0.2) is 5.76 Å². The monoisotopic (exact) mass is 359 g/mol. The number of carbonyl (C=O) groups is 1. The van der Waals surface area contributed by atoms with Crippen molar-refractivity contribution in [2.75, 3.05) is 6.61 Å². The van der Waals surface area contributed by atoms with Gasteiger partial charge in [-0.2, -0.15) is 0 Å². The topological polar surface area (TPSA) is 86.5 Å². The molecule has 1 amide bonds. The fourth-order valence-electron chi connectivity index (χ4n) is 2.92. The average Bonchev–Trinajstić information content (AvgIpc) is 3.05. The summed E-state index contributed by atoms with van der Waals surface area (Å²) in [5.74, 6) is 2.27. The molecule has 1 fully saturated rings. The number of rotatable bonds is 8. The summed E-state index contributed by atoms with van der Waals surface area (Å²) in [6, 6.07) is 5.41. The van der Waals surface area contributed by atoms with Crippen LogP contribution < -0.4 is 14.8 Å². The van der Waals surface area contributed by atoms with Crippen molar-refractivity contribution in [3.05, 3.63) is 35.9 Å². The Morgan fingerprint density at radius 1 is 1.42 bits per heavy atom. The van der Waals surface area contributed by atoms with Crippen molar-refractivity contribution in [2.45, 2.75) is 58.1 Å². The van der Waals surface area contributed by atoms with E-state index in [-0.39, 0.29) is 18.1 Å². The van der Waals surface area contributed by atoms with Crippen LogP contribution in [-0.2, 0) is 4.79 Å². The predicted octanol–water partition coefficient (Wildman–Crippen LogP) is 3.38. The van der Waals surface area contributed by atoms with Crippen molar-refractivity contribution >= 4 is 5.91 Å². The van der Waals surface area contributed by atoms with Gasteiger partial charge in [0.25, 0.3) is 0 Å². The van der Waals surface area contributed by atoms with Crippen molar-refractivity contribution < 1.29 is 18.8 Å². The van der Waals surface area contributed by atoms with E-state index in [1.54, 1.807) is 6.20 Å². The molecule has 1 atom stereocenters. The Morgan fingerprint density at radius 3 is 2.96 bits per heavy atom. The number of nitrogens with one attached hydrogen (secondary N) is 1. The lowest BCUT2D eigenvalue weighted by atomic mass is 9.80. The maximum Gasteiger partial charge on any atom is 0.217 e. The van der Waals surface area contributed by atoms with E-state index in [9.17, 15) is 4.79 Å². The van der Waals surface area contributed by atoms with Gasteiger partial charge in [-0.3, -0.25) is 4.79 Å². The molecule has 0 radical (unpaired) electrons. The predicted molar refractivity (Wildman–Crippen MR) is 95.1 cm³/mol. The van der Waals surface area contributed by atoms with E-state index >= 15 is 0 Å². The maximum atomic E-state index is 11.1. The largest absolute Gasteiger partial charge is 0.490 e.